The Kier molecular flexibility index (Phi) is 4.40. The van der Waals surface area contributed by atoms with Gasteiger partial charge in [0.05, 0.1) is 0 Å². The van der Waals surface area contributed by atoms with Crippen molar-refractivity contribution in [1.82, 2.24) is 4.90 Å². The number of halogens is 2. The Hall–Kier alpha value is -1.49. The number of hydrogen-bond donors (Lipinski definition) is 1. The number of carbonyl (C=O) groups is 1. The zero-order valence-electron chi connectivity index (χ0n) is 10.7. The molecule has 0 bridgehead atoms. The highest BCUT2D eigenvalue weighted by Crippen LogP contribution is 2.15. The molecule has 3 nitrogen and oxygen atoms in total. The molecule has 0 heterocycles. The summed E-state index contributed by atoms with van der Waals surface area (Å²) < 4.78 is 26.1. The lowest BCUT2D eigenvalue weighted by Crippen LogP contribution is -2.48. The Labute approximate surface area is 105 Å². The third-order valence-corrected chi connectivity index (χ3v) is 3.21. The third-order valence-electron chi connectivity index (χ3n) is 3.21. The van der Waals surface area contributed by atoms with Crippen molar-refractivity contribution in [2.45, 2.75) is 25.8 Å². The molecule has 100 valence electrons. The molecule has 0 aromatic heterocycles. The highest BCUT2D eigenvalue weighted by atomic mass is 19.1. The van der Waals surface area contributed by atoms with E-state index in [1.165, 1.54) is 12.1 Å². The van der Waals surface area contributed by atoms with Crippen molar-refractivity contribution < 1.29 is 18.7 Å². The van der Waals surface area contributed by atoms with Gasteiger partial charge in [0.15, 0.2) is 0 Å². The van der Waals surface area contributed by atoms with Gasteiger partial charge in [0.25, 0.3) is 0 Å². The molecule has 0 radical (unpaired) electrons. The summed E-state index contributed by atoms with van der Waals surface area (Å²) in [5.41, 5.74) is -0.638. The van der Waals surface area contributed by atoms with Crippen LogP contribution in [0.3, 0.4) is 0 Å². The van der Waals surface area contributed by atoms with Gasteiger partial charge < -0.3 is 5.11 Å². The molecule has 5 heteroatoms. The summed E-state index contributed by atoms with van der Waals surface area (Å²) in [5, 5.41) is 9.03. The molecule has 0 aliphatic heterocycles. The number of likely N-dealkylation sites (N-methyl/N-ethyl adjacent to an activating group) is 1. The summed E-state index contributed by atoms with van der Waals surface area (Å²) >= 11 is 0. The highest BCUT2D eigenvalue weighted by Gasteiger charge is 2.31. The summed E-state index contributed by atoms with van der Waals surface area (Å²) in [4.78, 5) is 12.6. The fourth-order valence-corrected chi connectivity index (χ4v) is 1.46. The quantitative estimate of drug-likeness (QED) is 0.880. The van der Waals surface area contributed by atoms with Crippen LogP contribution in [0.4, 0.5) is 8.78 Å². The van der Waals surface area contributed by atoms with E-state index in [1.807, 2.05) is 0 Å². The second-order valence-corrected chi connectivity index (χ2v) is 4.77. The largest absolute Gasteiger partial charge is 0.480 e. The molecule has 0 spiro atoms. The molecule has 0 fully saturated rings. The molecule has 0 unspecified atom stereocenters. The smallest absolute Gasteiger partial charge is 0.323 e. The minimum Gasteiger partial charge on any atom is -0.480 e. The number of hydrogen-bond acceptors (Lipinski definition) is 2. The van der Waals surface area contributed by atoms with E-state index in [0.29, 0.717) is 18.5 Å². The molecule has 0 aliphatic rings. The first kappa shape index (κ1) is 14.6. The van der Waals surface area contributed by atoms with Crippen LogP contribution in [0.15, 0.2) is 18.2 Å². The van der Waals surface area contributed by atoms with Crippen LogP contribution in [0.1, 0.15) is 19.4 Å². The third kappa shape index (κ3) is 3.26. The lowest BCUT2D eigenvalue weighted by Gasteiger charge is -2.31. The van der Waals surface area contributed by atoms with Crippen LogP contribution in [0, 0.1) is 11.6 Å². The number of aliphatic carboxylic acids is 1. The molecule has 0 aliphatic carbocycles. The Balaban J connectivity index is 2.68. The first-order chi connectivity index (χ1) is 8.25. The average Bonchev–Trinajstić information content (AvgIpc) is 2.27. The molecule has 18 heavy (non-hydrogen) atoms. The lowest BCUT2D eigenvalue weighted by atomic mass is 10.0. The van der Waals surface area contributed by atoms with E-state index in [-0.39, 0.29) is 0 Å². The predicted molar refractivity (Wildman–Crippen MR) is 64.4 cm³/mol. The van der Waals surface area contributed by atoms with Gasteiger partial charge in [-0.2, -0.15) is 0 Å². The van der Waals surface area contributed by atoms with Gasteiger partial charge in [-0.05, 0) is 38.9 Å². The first-order valence-electron chi connectivity index (χ1n) is 5.63. The molecule has 1 aromatic carbocycles. The Morgan fingerprint density at radius 1 is 1.39 bits per heavy atom. The van der Waals surface area contributed by atoms with Gasteiger partial charge in [-0.15, -0.1) is 0 Å². The summed E-state index contributed by atoms with van der Waals surface area (Å²) in [5.74, 6) is -2.16. The van der Waals surface area contributed by atoms with Crippen LogP contribution >= 0.6 is 0 Å². The second-order valence-electron chi connectivity index (χ2n) is 4.77. The standard InChI is InChI=1S/C13H17F2NO2/c1-13(2,12(17)18)16(3)7-6-9-4-5-10(14)8-11(9)15/h4-5,8H,6-7H2,1-3H3,(H,17,18). The van der Waals surface area contributed by atoms with E-state index in [4.69, 9.17) is 5.11 Å². The van der Waals surface area contributed by atoms with Crippen LogP contribution in [-0.4, -0.2) is 35.1 Å². The number of carboxylic acids is 1. The van der Waals surface area contributed by atoms with Crippen molar-refractivity contribution in [3.63, 3.8) is 0 Å². The van der Waals surface area contributed by atoms with Crippen LogP contribution < -0.4 is 0 Å². The van der Waals surface area contributed by atoms with Crippen molar-refractivity contribution in [1.29, 1.82) is 0 Å². The predicted octanol–water partition coefficient (Wildman–Crippen LogP) is 2.30. The highest BCUT2D eigenvalue weighted by molar-refractivity contribution is 5.77. The second kappa shape index (κ2) is 5.44. The van der Waals surface area contributed by atoms with Crippen molar-refractivity contribution in [2.24, 2.45) is 0 Å². The van der Waals surface area contributed by atoms with E-state index in [2.05, 4.69) is 0 Å². The van der Waals surface area contributed by atoms with Crippen LogP contribution in [0.2, 0.25) is 0 Å². The van der Waals surface area contributed by atoms with Crippen LogP contribution in [-0.2, 0) is 11.2 Å². The zero-order valence-corrected chi connectivity index (χ0v) is 10.7. The summed E-state index contributed by atoms with van der Waals surface area (Å²) in [6.07, 6.45) is 0.333. The molecular weight excluding hydrogens is 240 g/mol. The summed E-state index contributed by atoms with van der Waals surface area (Å²) in [7, 11) is 1.66. The Bertz CT molecular complexity index is 447. The van der Waals surface area contributed by atoms with E-state index in [1.54, 1.807) is 25.8 Å². The number of benzene rings is 1. The molecule has 1 aromatic rings. The van der Waals surface area contributed by atoms with Crippen molar-refractivity contribution in [2.75, 3.05) is 13.6 Å². The lowest BCUT2D eigenvalue weighted by molar-refractivity contribution is -0.148. The van der Waals surface area contributed by atoms with Crippen molar-refractivity contribution in [3.05, 3.63) is 35.4 Å². The van der Waals surface area contributed by atoms with Gasteiger partial charge >= 0.3 is 5.97 Å². The van der Waals surface area contributed by atoms with E-state index in [9.17, 15) is 13.6 Å². The molecule has 0 amide bonds. The normalized spacial score (nSPS) is 11.9. The van der Waals surface area contributed by atoms with Crippen molar-refractivity contribution >= 4 is 5.97 Å². The number of nitrogens with zero attached hydrogens (tertiary/aromatic N) is 1. The monoisotopic (exact) mass is 257 g/mol. The minimum absolute atomic E-state index is 0.333. The van der Waals surface area contributed by atoms with Gasteiger partial charge in [0.2, 0.25) is 0 Å². The van der Waals surface area contributed by atoms with E-state index >= 15 is 0 Å². The summed E-state index contributed by atoms with van der Waals surface area (Å²) in [6.45, 7) is 3.54. The number of carboxylic acid groups (broad SMARTS) is 1. The molecule has 1 rings (SSSR count). The van der Waals surface area contributed by atoms with Crippen molar-refractivity contribution in [3.8, 4) is 0 Å². The summed E-state index contributed by atoms with van der Waals surface area (Å²) in [6, 6.07) is 3.41. The average molecular weight is 257 g/mol. The van der Waals surface area contributed by atoms with Gasteiger partial charge in [-0.25, -0.2) is 8.78 Å². The molecule has 1 N–H and O–H groups in total. The first-order valence-corrected chi connectivity index (χ1v) is 5.63. The fraction of sp³-hybridized carbons (Fsp3) is 0.462. The minimum atomic E-state index is -1.02. The van der Waals surface area contributed by atoms with Gasteiger partial charge in [0.1, 0.15) is 17.2 Å². The number of rotatable bonds is 5. The Morgan fingerprint density at radius 3 is 2.50 bits per heavy atom. The van der Waals surface area contributed by atoms with Crippen LogP contribution in [0.25, 0.3) is 0 Å². The van der Waals surface area contributed by atoms with Gasteiger partial charge in [0, 0.05) is 12.6 Å². The molecular formula is C13H17F2NO2. The Morgan fingerprint density at radius 2 is 2.00 bits per heavy atom. The molecule has 0 saturated carbocycles. The fourth-order valence-electron chi connectivity index (χ4n) is 1.46. The van der Waals surface area contributed by atoms with Crippen LogP contribution in [0.5, 0.6) is 0 Å². The van der Waals surface area contributed by atoms with Gasteiger partial charge in [-0.1, -0.05) is 6.07 Å². The zero-order chi connectivity index (χ0) is 13.9. The molecule has 0 atom stereocenters. The molecule has 0 saturated heterocycles. The van der Waals surface area contributed by atoms with E-state index < -0.39 is 23.1 Å². The maximum absolute atomic E-state index is 13.4. The van der Waals surface area contributed by atoms with E-state index in [0.717, 1.165) is 6.07 Å². The maximum Gasteiger partial charge on any atom is 0.323 e. The topological polar surface area (TPSA) is 40.5 Å². The maximum atomic E-state index is 13.4. The SMILES string of the molecule is CN(CCc1ccc(F)cc1F)C(C)(C)C(=O)O. The van der Waals surface area contributed by atoms with Gasteiger partial charge in [-0.3, -0.25) is 9.69 Å².